The monoisotopic (exact) mass is 420 g/mol. The van der Waals surface area contributed by atoms with Crippen molar-refractivity contribution in [3.8, 4) is 11.4 Å². The summed E-state index contributed by atoms with van der Waals surface area (Å²) in [6.45, 7) is 3.48. The maximum Gasteiger partial charge on any atom is 0.246 e. The van der Waals surface area contributed by atoms with Crippen LogP contribution in [-0.2, 0) is 11.3 Å². The van der Waals surface area contributed by atoms with E-state index < -0.39 is 0 Å². The highest BCUT2D eigenvalue weighted by Gasteiger charge is 2.20. The average Bonchev–Trinajstić information content (AvgIpc) is 3.33. The predicted molar refractivity (Wildman–Crippen MR) is 117 cm³/mol. The van der Waals surface area contributed by atoms with Gasteiger partial charge in [0.1, 0.15) is 0 Å². The first-order valence-electron chi connectivity index (χ1n) is 10.2. The normalized spacial score (nSPS) is 14.8. The van der Waals surface area contributed by atoms with E-state index in [1.165, 1.54) is 13.2 Å². The summed E-state index contributed by atoms with van der Waals surface area (Å²) < 4.78 is 20.8. The van der Waals surface area contributed by atoms with Crippen molar-refractivity contribution in [3.05, 3.63) is 84.2 Å². The fourth-order valence-corrected chi connectivity index (χ4v) is 3.64. The third kappa shape index (κ3) is 5.19. The molecule has 3 aromatic rings. The Bertz CT molecular complexity index is 1040. The summed E-state index contributed by atoms with van der Waals surface area (Å²) in [5.74, 6) is -0.0897. The Morgan fingerprint density at radius 1 is 1.13 bits per heavy atom. The molecule has 0 atom stereocenters. The molecule has 0 aliphatic carbocycles. The molecule has 0 unspecified atom stereocenters. The predicted octanol–water partition coefficient (Wildman–Crippen LogP) is 3.38. The van der Waals surface area contributed by atoms with E-state index >= 15 is 0 Å². The minimum absolute atomic E-state index is 0.00817. The first kappa shape index (κ1) is 20.8. The number of ether oxygens (including phenoxy) is 1. The van der Waals surface area contributed by atoms with Gasteiger partial charge >= 0.3 is 0 Å². The molecule has 0 N–H and O–H groups in total. The molecule has 7 heteroatoms. The van der Waals surface area contributed by atoms with Crippen LogP contribution in [0.15, 0.2) is 67.3 Å². The molecule has 1 aliphatic rings. The van der Waals surface area contributed by atoms with Crippen LogP contribution in [0.4, 0.5) is 4.39 Å². The van der Waals surface area contributed by atoms with Gasteiger partial charge in [0.05, 0.1) is 13.4 Å². The van der Waals surface area contributed by atoms with Gasteiger partial charge < -0.3 is 14.2 Å². The van der Waals surface area contributed by atoms with Gasteiger partial charge in [0.2, 0.25) is 5.91 Å². The lowest BCUT2D eigenvalue weighted by Crippen LogP contribution is -2.47. The smallest absolute Gasteiger partial charge is 0.246 e. The van der Waals surface area contributed by atoms with Gasteiger partial charge in [-0.2, -0.15) is 0 Å². The van der Waals surface area contributed by atoms with E-state index in [4.69, 9.17) is 4.74 Å². The van der Waals surface area contributed by atoms with E-state index in [1.807, 2.05) is 52.1 Å². The van der Waals surface area contributed by atoms with E-state index in [0.717, 1.165) is 29.9 Å². The number of aromatic nitrogens is 2. The van der Waals surface area contributed by atoms with Crippen LogP contribution in [0.2, 0.25) is 0 Å². The highest BCUT2D eigenvalue weighted by molar-refractivity contribution is 5.91. The van der Waals surface area contributed by atoms with Gasteiger partial charge in [-0.3, -0.25) is 9.69 Å². The Morgan fingerprint density at radius 2 is 1.90 bits per heavy atom. The van der Waals surface area contributed by atoms with Crippen molar-refractivity contribution in [2.45, 2.75) is 6.54 Å². The van der Waals surface area contributed by atoms with E-state index in [0.29, 0.717) is 19.6 Å². The molecule has 160 valence electrons. The zero-order chi connectivity index (χ0) is 21.6. The maximum absolute atomic E-state index is 13.9. The van der Waals surface area contributed by atoms with Crippen LogP contribution in [0.5, 0.6) is 5.75 Å². The first-order chi connectivity index (χ1) is 15.1. The number of methoxy groups -OCH3 is 1. The molecule has 6 nitrogen and oxygen atoms in total. The second kappa shape index (κ2) is 9.57. The Labute approximate surface area is 181 Å². The molecule has 0 saturated carbocycles. The Balaban J connectivity index is 1.27. The Kier molecular flexibility index (Phi) is 6.43. The number of amides is 1. The Hall–Kier alpha value is -3.45. The quantitative estimate of drug-likeness (QED) is 0.574. The molecule has 1 aliphatic heterocycles. The lowest BCUT2D eigenvalue weighted by Gasteiger charge is -2.34. The molecular formula is C24H25FN4O2. The van der Waals surface area contributed by atoms with Crippen molar-refractivity contribution in [3.63, 3.8) is 0 Å². The Morgan fingerprint density at radius 3 is 2.55 bits per heavy atom. The molecule has 4 rings (SSSR count). The third-order valence-electron chi connectivity index (χ3n) is 5.42. The summed E-state index contributed by atoms with van der Waals surface area (Å²) in [6.07, 6.45) is 8.84. The van der Waals surface area contributed by atoms with Crippen molar-refractivity contribution in [2.75, 3.05) is 33.3 Å². The molecule has 1 aromatic heterocycles. The third-order valence-corrected chi connectivity index (χ3v) is 5.42. The number of benzene rings is 2. The van der Waals surface area contributed by atoms with E-state index in [-0.39, 0.29) is 17.5 Å². The molecule has 0 bridgehead atoms. The second-order valence-electron chi connectivity index (χ2n) is 7.47. The molecular weight excluding hydrogens is 395 g/mol. The van der Waals surface area contributed by atoms with Crippen molar-refractivity contribution >= 4 is 12.0 Å². The number of carbonyl (C=O) groups excluding carboxylic acids is 1. The summed E-state index contributed by atoms with van der Waals surface area (Å²) in [5.41, 5.74) is 2.89. The summed E-state index contributed by atoms with van der Waals surface area (Å²) in [6, 6.07) is 13.0. The lowest BCUT2D eigenvalue weighted by molar-refractivity contribution is -0.127. The van der Waals surface area contributed by atoms with Crippen LogP contribution in [0.3, 0.4) is 0 Å². The minimum Gasteiger partial charge on any atom is -0.494 e. The number of carbonyl (C=O) groups is 1. The van der Waals surface area contributed by atoms with Gasteiger partial charge in [-0.25, -0.2) is 9.37 Å². The number of nitrogens with zero attached hydrogens (tertiary/aromatic N) is 4. The van der Waals surface area contributed by atoms with Gasteiger partial charge in [0, 0.05) is 56.9 Å². The average molecular weight is 420 g/mol. The topological polar surface area (TPSA) is 50.6 Å². The highest BCUT2D eigenvalue weighted by Crippen LogP contribution is 2.19. The highest BCUT2D eigenvalue weighted by atomic mass is 19.1. The van der Waals surface area contributed by atoms with E-state index in [2.05, 4.69) is 9.88 Å². The molecule has 0 spiro atoms. The van der Waals surface area contributed by atoms with Crippen LogP contribution in [0.1, 0.15) is 11.1 Å². The van der Waals surface area contributed by atoms with Gasteiger partial charge in [-0.15, -0.1) is 0 Å². The molecule has 31 heavy (non-hydrogen) atoms. The van der Waals surface area contributed by atoms with Crippen molar-refractivity contribution in [2.24, 2.45) is 0 Å². The molecule has 2 aromatic carbocycles. The second-order valence-corrected chi connectivity index (χ2v) is 7.47. The standard InChI is InChI=1S/C24H25FN4O2/c1-31-23-8-4-20(16-22(23)25)17-27-12-14-28(15-13-27)24(30)9-5-19-2-6-21(7-3-19)29-11-10-26-18-29/h2-11,16,18H,12-15,17H2,1H3. The molecule has 2 heterocycles. The van der Waals surface area contributed by atoms with Crippen LogP contribution in [0, 0.1) is 5.82 Å². The lowest BCUT2D eigenvalue weighted by atomic mass is 10.1. The number of imidazole rings is 1. The number of rotatable bonds is 6. The van der Waals surface area contributed by atoms with Gasteiger partial charge in [-0.1, -0.05) is 18.2 Å². The van der Waals surface area contributed by atoms with Crippen LogP contribution in [0.25, 0.3) is 11.8 Å². The van der Waals surface area contributed by atoms with Crippen LogP contribution < -0.4 is 4.74 Å². The van der Waals surface area contributed by atoms with Crippen molar-refractivity contribution in [1.82, 2.24) is 19.4 Å². The van der Waals surface area contributed by atoms with E-state index in [1.54, 1.807) is 24.7 Å². The molecule has 1 amide bonds. The van der Waals surface area contributed by atoms with Gasteiger partial charge in [0.15, 0.2) is 11.6 Å². The fraction of sp³-hybridized carbons (Fsp3) is 0.250. The number of halogens is 1. The summed E-state index contributed by atoms with van der Waals surface area (Å²) in [7, 11) is 1.46. The van der Waals surface area contributed by atoms with Gasteiger partial charge in [0.25, 0.3) is 0 Å². The number of hydrogen-bond donors (Lipinski definition) is 0. The molecule has 0 radical (unpaired) electrons. The molecule has 1 saturated heterocycles. The van der Waals surface area contributed by atoms with Crippen molar-refractivity contribution < 1.29 is 13.9 Å². The summed E-state index contributed by atoms with van der Waals surface area (Å²) in [4.78, 5) is 20.7. The molecule has 1 fully saturated rings. The van der Waals surface area contributed by atoms with Crippen LogP contribution >= 0.6 is 0 Å². The minimum atomic E-state index is -0.350. The fourth-order valence-electron chi connectivity index (χ4n) is 3.64. The number of piperazine rings is 1. The number of hydrogen-bond acceptors (Lipinski definition) is 4. The van der Waals surface area contributed by atoms with E-state index in [9.17, 15) is 9.18 Å². The zero-order valence-corrected chi connectivity index (χ0v) is 17.4. The largest absolute Gasteiger partial charge is 0.494 e. The summed E-state index contributed by atoms with van der Waals surface area (Å²) in [5, 5.41) is 0. The van der Waals surface area contributed by atoms with Crippen LogP contribution in [-0.4, -0.2) is 58.5 Å². The van der Waals surface area contributed by atoms with Gasteiger partial charge in [-0.05, 0) is 41.5 Å². The van der Waals surface area contributed by atoms with Crippen molar-refractivity contribution in [1.29, 1.82) is 0 Å². The zero-order valence-electron chi connectivity index (χ0n) is 17.4. The first-order valence-corrected chi connectivity index (χ1v) is 10.2. The summed E-state index contributed by atoms with van der Waals surface area (Å²) >= 11 is 0. The SMILES string of the molecule is COc1ccc(CN2CCN(C(=O)C=Cc3ccc(-n4ccnc4)cc3)CC2)cc1F. The maximum atomic E-state index is 13.9.